The van der Waals surface area contributed by atoms with Crippen LogP contribution in [0.5, 0.6) is 0 Å². The van der Waals surface area contributed by atoms with Crippen molar-refractivity contribution in [1.82, 2.24) is 10.2 Å². The van der Waals surface area contributed by atoms with Gasteiger partial charge in [0.15, 0.2) is 0 Å². The minimum absolute atomic E-state index is 0. The Bertz CT molecular complexity index is 283. The smallest absolute Gasteiger partial charge is 0.223 e. The van der Waals surface area contributed by atoms with Crippen molar-refractivity contribution in [3.63, 3.8) is 0 Å². The number of rotatable bonds is 3. The lowest BCUT2D eigenvalue weighted by Gasteiger charge is -2.35. The van der Waals surface area contributed by atoms with Gasteiger partial charge in [0.2, 0.25) is 5.91 Å². The summed E-state index contributed by atoms with van der Waals surface area (Å²) in [5.74, 6) is 1.46. The van der Waals surface area contributed by atoms with Crippen LogP contribution in [0.25, 0.3) is 0 Å². The highest BCUT2D eigenvalue weighted by Gasteiger charge is 2.27. The first-order chi connectivity index (χ1) is 8.68. The molecule has 0 aromatic heterocycles. The molecule has 0 saturated carbocycles. The number of hydrogen-bond acceptors (Lipinski definition) is 3. The van der Waals surface area contributed by atoms with Crippen LogP contribution in [-0.2, 0) is 9.53 Å². The molecule has 19 heavy (non-hydrogen) atoms. The van der Waals surface area contributed by atoms with E-state index in [2.05, 4.69) is 19.2 Å². The van der Waals surface area contributed by atoms with Gasteiger partial charge in [-0.05, 0) is 44.7 Å². The second-order valence-corrected chi connectivity index (χ2v) is 5.80. The average molecular weight is 291 g/mol. The fraction of sp³-hybridized carbons (Fsp3) is 0.929. The molecule has 0 aromatic carbocycles. The van der Waals surface area contributed by atoms with Gasteiger partial charge in [0.05, 0.1) is 19.3 Å². The highest BCUT2D eigenvalue weighted by molar-refractivity contribution is 5.85. The Morgan fingerprint density at radius 3 is 2.95 bits per heavy atom. The first-order valence-corrected chi connectivity index (χ1v) is 7.26. The monoisotopic (exact) mass is 290 g/mol. The second kappa shape index (κ2) is 8.08. The lowest BCUT2D eigenvalue weighted by atomic mass is 9.85. The van der Waals surface area contributed by atoms with Crippen molar-refractivity contribution >= 4 is 18.3 Å². The molecule has 0 spiro atoms. The topological polar surface area (TPSA) is 41.6 Å². The third-order valence-corrected chi connectivity index (χ3v) is 4.32. The zero-order valence-electron chi connectivity index (χ0n) is 12.1. The van der Waals surface area contributed by atoms with E-state index < -0.39 is 0 Å². The summed E-state index contributed by atoms with van der Waals surface area (Å²) in [5.41, 5.74) is 0. The minimum atomic E-state index is 0. The molecule has 3 unspecified atom stereocenters. The fourth-order valence-corrected chi connectivity index (χ4v) is 3.02. The van der Waals surface area contributed by atoms with Gasteiger partial charge >= 0.3 is 0 Å². The number of halogens is 1. The molecular weight excluding hydrogens is 264 g/mol. The van der Waals surface area contributed by atoms with Gasteiger partial charge in [-0.2, -0.15) is 0 Å². The Kier molecular flexibility index (Phi) is 7.11. The SMILES string of the molecule is CC(CC(=O)N1CCOCC1C)C1CCCNC1.Cl. The van der Waals surface area contributed by atoms with E-state index in [1.54, 1.807) is 0 Å². The number of nitrogens with zero attached hydrogens (tertiary/aromatic N) is 1. The van der Waals surface area contributed by atoms with Crippen LogP contribution in [0.2, 0.25) is 0 Å². The van der Waals surface area contributed by atoms with Gasteiger partial charge in [0.1, 0.15) is 0 Å². The summed E-state index contributed by atoms with van der Waals surface area (Å²) in [4.78, 5) is 14.3. The molecule has 2 aliphatic rings. The van der Waals surface area contributed by atoms with E-state index in [9.17, 15) is 4.79 Å². The third-order valence-electron chi connectivity index (χ3n) is 4.32. The normalized spacial score (nSPS) is 29.5. The molecule has 0 aromatic rings. The summed E-state index contributed by atoms with van der Waals surface area (Å²) in [6.45, 7) is 8.64. The molecule has 2 fully saturated rings. The molecular formula is C14H27ClN2O2. The van der Waals surface area contributed by atoms with Crippen LogP contribution < -0.4 is 5.32 Å². The van der Waals surface area contributed by atoms with Crippen molar-refractivity contribution in [2.45, 2.75) is 39.2 Å². The molecule has 0 radical (unpaired) electrons. The van der Waals surface area contributed by atoms with Crippen molar-refractivity contribution in [2.75, 3.05) is 32.8 Å². The molecule has 2 heterocycles. The molecule has 0 bridgehead atoms. The number of amides is 1. The van der Waals surface area contributed by atoms with Crippen molar-refractivity contribution in [1.29, 1.82) is 0 Å². The molecule has 0 aliphatic carbocycles. The van der Waals surface area contributed by atoms with Crippen molar-refractivity contribution in [3.05, 3.63) is 0 Å². The quantitative estimate of drug-likeness (QED) is 0.860. The number of hydrogen-bond donors (Lipinski definition) is 1. The zero-order valence-corrected chi connectivity index (χ0v) is 12.9. The number of morpholine rings is 1. The maximum Gasteiger partial charge on any atom is 0.223 e. The number of nitrogens with one attached hydrogen (secondary N) is 1. The van der Waals surface area contributed by atoms with Gasteiger partial charge in [0.25, 0.3) is 0 Å². The highest BCUT2D eigenvalue weighted by atomic mass is 35.5. The molecule has 3 atom stereocenters. The van der Waals surface area contributed by atoms with Crippen LogP contribution in [0, 0.1) is 11.8 Å². The number of carbonyl (C=O) groups is 1. The maximum absolute atomic E-state index is 12.3. The molecule has 2 aliphatic heterocycles. The van der Waals surface area contributed by atoms with E-state index in [1.807, 2.05) is 4.90 Å². The van der Waals surface area contributed by atoms with Gasteiger partial charge in [-0.3, -0.25) is 4.79 Å². The van der Waals surface area contributed by atoms with E-state index in [0.29, 0.717) is 37.4 Å². The van der Waals surface area contributed by atoms with E-state index >= 15 is 0 Å². The van der Waals surface area contributed by atoms with Crippen LogP contribution in [0.3, 0.4) is 0 Å². The summed E-state index contributed by atoms with van der Waals surface area (Å²) >= 11 is 0. The predicted molar refractivity (Wildman–Crippen MR) is 78.6 cm³/mol. The summed E-state index contributed by atoms with van der Waals surface area (Å²) in [7, 11) is 0. The Labute approximate surface area is 122 Å². The van der Waals surface area contributed by atoms with Crippen LogP contribution >= 0.6 is 12.4 Å². The number of carbonyl (C=O) groups excluding carboxylic acids is 1. The molecule has 1 amide bonds. The lowest BCUT2D eigenvalue weighted by molar-refractivity contribution is -0.140. The summed E-state index contributed by atoms with van der Waals surface area (Å²) < 4.78 is 5.38. The van der Waals surface area contributed by atoms with Crippen LogP contribution in [0.1, 0.15) is 33.1 Å². The molecule has 2 rings (SSSR count). The molecule has 1 N–H and O–H groups in total. The van der Waals surface area contributed by atoms with Crippen LogP contribution in [-0.4, -0.2) is 49.7 Å². The predicted octanol–water partition coefficient (Wildman–Crippen LogP) is 1.68. The zero-order chi connectivity index (χ0) is 13.0. The molecule has 4 nitrogen and oxygen atoms in total. The highest BCUT2D eigenvalue weighted by Crippen LogP contribution is 2.23. The van der Waals surface area contributed by atoms with Gasteiger partial charge in [-0.15, -0.1) is 12.4 Å². The third kappa shape index (κ3) is 4.62. The van der Waals surface area contributed by atoms with Gasteiger partial charge in [0, 0.05) is 13.0 Å². The summed E-state index contributed by atoms with van der Waals surface area (Å²) in [6, 6.07) is 0.239. The molecule has 112 valence electrons. The Balaban J connectivity index is 0.00000180. The largest absolute Gasteiger partial charge is 0.377 e. The van der Waals surface area contributed by atoms with Gasteiger partial charge in [-0.1, -0.05) is 6.92 Å². The first-order valence-electron chi connectivity index (χ1n) is 7.26. The van der Waals surface area contributed by atoms with E-state index in [4.69, 9.17) is 4.74 Å². The maximum atomic E-state index is 12.3. The fourth-order valence-electron chi connectivity index (χ4n) is 3.02. The number of ether oxygens (including phenoxy) is 1. The summed E-state index contributed by atoms with van der Waals surface area (Å²) in [6.07, 6.45) is 3.20. The average Bonchev–Trinajstić information content (AvgIpc) is 2.40. The molecule has 2 saturated heterocycles. The van der Waals surface area contributed by atoms with E-state index in [0.717, 1.165) is 19.6 Å². The van der Waals surface area contributed by atoms with Crippen LogP contribution in [0.4, 0.5) is 0 Å². The lowest BCUT2D eigenvalue weighted by Crippen LogP contribution is -2.48. The first kappa shape index (κ1) is 16.7. The van der Waals surface area contributed by atoms with E-state index in [1.165, 1.54) is 12.8 Å². The van der Waals surface area contributed by atoms with Crippen molar-refractivity contribution in [2.24, 2.45) is 11.8 Å². The van der Waals surface area contributed by atoms with E-state index in [-0.39, 0.29) is 18.4 Å². The Morgan fingerprint density at radius 2 is 2.32 bits per heavy atom. The van der Waals surface area contributed by atoms with Gasteiger partial charge < -0.3 is 15.0 Å². The molecule has 5 heteroatoms. The standard InChI is InChI=1S/C14H26N2O2.ClH/c1-11(13-4-3-5-15-9-13)8-14(17)16-6-7-18-10-12(16)2;/h11-13,15H,3-10H2,1-2H3;1H. The number of piperidine rings is 1. The summed E-state index contributed by atoms with van der Waals surface area (Å²) in [5, 5.41) is 3.43. The van der Waals surface area contributed by atoms with Gasteiger partial charge in [-0.25, -0.2) is 0 Å². The van der Waals surface area contributed by atoms with Crippen molar-refractivity contribution in [3.8, 4) is 0 Å². The second-order valence-electron chi connectivity index (χ2n) is 5.80. The van der Waals surface area contributed by atoms with Crippen LogP contribution in [0.15, 0.2) is 0 Å². The Morgan fingerprint density at radius 1 is 1.53 bits per heavy atom. The Hall–Kier alpha value is -0.320. The minimum Gasteiger partial charge on any atom is -0.377 e. The van der Waals surface area contributed by atoms with Crippen molar-refractivity contribution < 1.29 is 9.53 Å².